The van der Waals surface area contributed by atoms with E-state index in [-0.39, 0.29) is 5.91 Å². The van der Waals surface area contributed by atoms with Crippen LogP contribution in [0.4, 0.5) is 0 Å². The third-order valence-corrected chi connectivity index (χ3v) is 5.00. The Morgan fingerprint density at radius 1 is 1.40 bits per heavy atom. The van der Waals surface area contributed by atoms with Crippen LogP contribution in [0.5, 0.6) is 0 Å². The molecule has 0 bridgehead atoms. The second kappa shape index (κ2) is 7.77. The molecular formula is C19H25ClN2O3. The molecular weight excluding hydrogens is 340 g/mol. The second-order valence-corrected chi connectivity index (χ2v) is 7.49. The number of rotatable bonds is 4. The summed E-state index contributed by atoms with van der Waals surface area (Å²) in [7, 11) is 4.08. The Balaban J connectivity index is 1.74. The van der Waals surface area contributed by atoms with Gasteiger partial charge < -0.3 is 19.0 Å². The van der Waals surface area contributed by atoms with E-state index in [0.717, 1.165) is 35.2 Å². The number of carbonyl (C=O) groups is 1. The third kappa shape index (κ3) is 4.35. The number of fused-ring (bicyclic) bond motifs is 1. The fourth-order valence-electron chi connectivity index (χ4n) is 3.35. The van der Waals surface area contributed by atoms with E-state index < -0.39 is 0 Å². The number of halogens is 1. The van der Waals surface area contributed by atoms with Gasteiger partial charge in [0.05, 0.1) is 25.9 Å². The predicted octanol–water partition coefficient (Wildman–Crippen LogP) is 2.97. The zero-order chi connectivity index (χ0) is 18.0. The molecule has 1 aliphatic heterocycles. The van der Waals surface area contributed by atoms with Gasteiger partial charge in [-0.3, -0.25) is 4.79 Å². The number of hydrogen-bond acceptors (Lipinski definition) is 4. The van der Waals surface area contributed by atoms with E-state index in [0.29, 0.717) is 37.1 Å². The maximum absolute atomic E-state index is 12.8. The maximum atomic E-state index is 12.8. The van der Waals surface area contributed by atoms with Gasteiger partial charge in [0.2, 0.25) is 5.91 Å². The number of benzene rings is 1. The van der Waals surface area contributed by atoms with Gasteiger partial charge in [-0.25, -0.2) is 0 Å². The largest absolute Gasteiger partial charge is 0.464 e. The van der Waals surface area contributed by atoms with Crippen molar-refractivity contribution in [2.24, 2.45) is 5.92 Å². The van der Waals surface area contributed by atoms with Crippen molar-refractivity contribution in [2.75, 3.05) is 46.9 Å². The highest BCUT2D eigenvalue weighted by molar-refractivity contribution is 6.32. The molecule has 1 aliphatic rings. The van der Waals surface area contributed by atoms with Crippen LogP contribution >= 0.6 is 11.6 Å². The van der Waals surface area contributed by atoms with Gasteiger partial charge in [0.25, 0.3) is 0 Å². The molecule has 3 rings (SSSR count). The standard InChI is InChI=1S/C19H25ClN2O3/c1-13-6-18-16(8-17(13)20)15(12-25-18)7-19(23)22-4-5-24-11-14(10-22)9-21(2)3/h6,8,12,14H,4-5,7,9-11H2,1-3H3. The van der Waals surface area contributed by atoms with E-state index in [4.69, 9.17) is 20.8 Å². The van der Waals surface area contributed by atoms with Gasteiger partial charge >= 0.3 is 0 Å². The number of nitrogens with zero attached hydrogens (tertiary/aromatic N) is 2. The Kier molecular flexibility index (Phi) is 5.67. The number of hydrogen-bond donors (Lipinski definition) is 0. The van der Waals surface area contributed by atoms with Crippen LogP contribution in [0.2, 0.25) is 5.02 Å². The molecule has 0 aliphatic carbocycles. The van der Waals surface area contributed by atoms with Crippen LogP contribution in [0, 0.1) is 12.8 Å². The summed E-state index contributed by atoms with van der Waals surface area (Å²) in [4.78, 5) is 16.9. The SMILES string of the molecule is Cc1cc2occ(CC(=O)N3CCOCC(CN(C)C)C3)c2cc1Cl. The zero-order valence-electron chi connectivity index (χ0n) is 15.0. The first-order chi connectivity index (χ1) is 11.9. The van der Waals surface area contributed by atoms with Crippen LogP contribution in [0.25, 0.3) is 11.0 Å². The van der Waals surface area contributed by atoms with Crippen LogP contribution in [0.3, 0.4) is 0 Å². The molecule has 25 heavy (non-hydrogen) atoms. The van der Waals surface area contributed by atoms with Crippen LogP contribution in [0.1, 0.15) is 11.1 Å². The van der Waals surface area contributed by atoms with Gasteiger partial charge in [-0.15, -0.1) is 0 Å². The summed E-state index contributed by atoms with van der Waals surface area (Å²) >= 11 is 6.23. The fourth-order valence-corrected chi connectivity index (χ4v) is 3.51. The molecule has 5 nitrogen and oxygen atoms in total. The number of amides is 1. The molecule has 1 saturated heterocycles. The van der Waals surface area contributed by atoms with E-state index >= 15 is 0 Å². The van der Waals surface area contributed by atoms with E-state index in [1.54, 1.807) is 6.26 Å². The zero-order valence-corrected chi connectivity index (χ0v) is 15.8. The van der Waals surface area contributed by atoms with Crippen molar-refractivity contribution < 1.29 is 13.9 Å². The van der Waals surface area contributed by atoms with Crippen molar-refractivity contribution in [3.63, 3.8) is 0 Å². The molecule has 2 aromatic rings. The van der Waals surface area contributed by atoms with Gasteiger partial charge in [-0.2, -0.15) is 0 Å². The van der Waals surface area contributed by atoms with Crippen molar-refractivity contribution in [3.05, 3.63) is 34.5 Å². The van der Waals surface area contributed by atoms with Crippen molar-refractivity contribution in [3.8, 4) is 0 Å². The Hall–Kier alpha value is -1.56. The van der Waals surface area contributed by atoms with Crippen molar-refractivity contribution in [1.29, 1.82) is 0 Å². The van der Waals surface area contributed by atoms with E-state index in [1.165, 1.54) is 0 Å². The lowest BCUT2D eigenvalue weighted by molar-refractivity contribution is -0.130. The summed E-state index contributed by atoms with van der Waals surface area (Å²) < 4.78 is 11.3. The quantitative estimate of drug-likeness (QED) is 0.836. The molecule has 1 unspecified atom stereocenters. The minimum Gasteiger partial charge on any atom is -0.464 e. The average Bonchev–Trinajstić information content (AvgIpc) is 2.78. The van der Waals surface area contributed by atoms with Crippen molar-refractivity contribution in [1.82, 2.24) is 9.80 Å². The summed E-state index contributed by atoms with van der Waals surface area (Å²) in [5.74, 6) is 0.438. The first-order valence-electron chi connectivity index (χ1n) is 8.60. The molecule has 0 saturated carbocycles. The fraction of sp³-hybridized carbons (Fsp3) is 0.526. The minimum absolute atomic E-state index is 0.105. The monoisotopic (exact) mass is 364 g/mol. The topological polar surface area (TPSA) is 45.9 Å². The van der Waals surface area contributed by atoms with E-state index in [1.807, 2.05) is 38.1 Å². The Morgan fingerprint density at radius 2 is 2.20 bits per heavy atom. The Bertz CT molecular complexity index is 756. The highest BCUT2D eigenvalue weighted by Crippen LogP contribution is 2.28. The summed E-state index contributed by atoms with van der Waals surface area (Å²) in [5, 5.41) is 1.61. The molecule has 1 atom stereocenters. The number of carbonyl (C=O) groups excluding carboxylic acids is 1. The van der Waals surface area contributed by atoms with Gasteiger partial charge in [0.1, 0.15) is 5.58 Å². The van der Waals surface area contributed by atoms with E-state index in [9.17, 15) is 4.79 Å². The molecule has 6 heteroatoms. The third-order valence-electron chi connectivity index (χ3n) is 4.59. The minimum atomic E-state index is 0.105. The van der Waals surface area contributed by atoms with Crippen LogP contribution in [-0.4, -0.2) is 62.7 Å². The smallest absolute Gasteiger partial charge is 0.227 e. The molecule has 0 radical (unpaired) electrons. The lowest BCUT2D eigenvalue weighted by atomic mass is 10.1. The average molecular weight is 365 g/mol. The number of aryl methyl sites for hydroxylation is 1. The van der Waals surface area contributed by atoms with Gasteiger partial charge in [0, 0.05) is 41.5 Å². The first kappa shape index (κ1) is 18.2. The highest BCUT2D eigenvalue weighted by Gasteiger charge is 2.24. The van der Waals surface area contributed by atoms with Crippen LogP contribution in [0.15, 0.2) is 22.8 Å². The highest BCUT2D eigenvalue weighted by atomic mass is 35.5. The molecule has 2 heterocycles. The van der Waals surface area contributed by atoms with Crippen LogP contribution in [-0.2, 0) is 16.0 Å². The van der Waals surface area contributed by atoms with Gasteiger partial charge in [-0.1, -0.05) is 11.6 Å². The lowest BCUT2D eigenvalue weighted by Gasteiger charge is -2.25. The van der Waals surface area contributed by atoms with Crippen molar-refractivity contribution in [2.45, 2.75) is 13.3 Å². The van der Waals surface area contributed by atoms with Crippen molar-refractivity contribution >= 4 is 28.5 Å². The summed E-state index contributed by atoms with van der Waals surface area (Å²) in [6, 6.07) is 3.80. The molecule has 0 spiro atoms. The molecule has 1 aromatic carbocycles. The Labute approximate surface area is 153 Å². The Morgan fingerprint density at radius 3 is 2.96 bits per heavy atom. The molecule has 1 fully saturated rings. The lowest BCUT2D eigenvalue weighted by Crippen LogP contribution is -2.39. The molecule has 1 amide bonds. The maximum Gasteiger partial charge on any atom is 0.227 e. The van der Waals surface area contributed by atoms with Gasteiger partial charge in [0.15, 0.2) is 0 Å². The predicted molar refractivity (Wildman–Crippen MR) is 99.1 cm³/mol. The van der Waals surface area contributed by atoms with E-state index in [2.05, 4.69) is 4.90 Å². The summed E-state index contributed by atoms with van der Waals surface area (Å²) in [6.45, 7) is 5.51. The second-order valence-electron chi connectivity index (χ2n) is 7.08. The first-order valence-corrected chi connectivity index (χ1v) is 8.98. The molecule has 0 N–H and O–H groups in total. The molecule has 136 valence electrons. The van der Waals surface area contributed by atoms with Crippen LogP contribution < -0.4 is 0 Å². The number of furan rings is 1. The van der Waals surface area contributed by atoms with Gasteiger partial charge in [-0.05, 0) is 38.7 Å². The number of ether oxygens (including phenoxy) is 1. The summed E-state index contributed by atoms with van der Waals surface area (Å²) in [6.07, 6.45) is 1.99. The summed E-state index contributed by atoms with van der Waals surface area (Å²) in [5.41, 5.74) is 2.63. The normalized spacial score (nSPS) is 18.8. The molecule has 1 aromatic heterocycles.